The van der Waals surface area contributed by atoms with Crippen molar-refractivity contribution < 1.29 is 23.8 Å². The lowest BCUT2D eigenvalue weighted by Crippen LogP contribution is -2.35. The van der Waals surface area contributed by atoms with Gasteiger partial charge in [0.2, 0.25) is 0 Å². The lowest BCUT2D eigenvalue weighted by Gasteiger charge is -2.09. The number of esters is 2. The zero-order valence-electron chi connectivity index (χ0n) is 11.7. The number of carbonyl (C=O) groups is 2. The molecule has 0 aliphatic heterocycles. The summed E-state index contributed by atoms with van der Waals surface area (Å²) in [5, 5.41) is 0. The average molecular weight is 263 g/mol. The molecule has 0 radical (unpaired) electrons. The van der Waals surface area contributed by atoms with Crippen molar-refractivity contribution >= 4 is 11.9 Å². The first kappa shape index (κ1) is 19.2. The van der Waals surface area contributed by atoms with Crippen molar-refractivity contribution in [3.63, 3.8) is 0 Å². The zero-order valence-corrected chi connectivity index (χ0v) is 11.7. The molecule has 0 spiro atoms. The smallest absolute Gasteiger partial charge is 0.323 e. The first-order valence-corrected chi connectivity index (χ1v) is 6.18. The van der Waals surface area contributed by atoms with Gasteiger partial charge in [0.25, 0.3) is 0 Å². The van der Waals surface area contributed by atoms with Gasteiger partial charge in [-0.05, 0) is 27.7 Å². The molecule has 0 rings (SSSR count). The summed E-state index contributed by atoms with van der Waals surface area (Å²) in [7, 11) is 0. The van der Waals surface area contributed by atoms with Gasteiger partial charge >= 0.3 is 11.9 Å². The Morgan fingerprint density at radius 2 is 1.44 bits per heavy atom. The highest BCUT2D eigenvalue weighted by atomic mass is 16.5. The second kappa shape index (κ2) is 13.9. The van der Waals surface area contributed by atoms with Crippen LogP contribution in [0.25, 0.3) is 0 Å². The van der Waals surface area contributed by atoms with E-state index in [1.54, 1.807) is 13.8 Å². The molecule has 108 valence electrons. The van der Waals surface area contributed by atoms with Crippen LogP contribution in [0, 0.1) is 0 Å². The molecule has 1 atom stereocenters. The third kappa shape index (κ3) is 12.9. The van der Waals surface area contributed by atoms with Gasteiger partial charge < -0.3 is 19.9 Å². The van der Waals surface area contributed by atoms with Crippen LogP contribution >= 0.6 is 0 Å². The third-order valence-electron chi connectivity index (χ3n) is 1.69. The lowest BCUT2D eigenvalue weighted by molar-refractivity contribution is -0.151. The highest BCUT2D eigenvalue weighted by Gasteiger charge is 2.18. The Morgan fingerprint density at radius 1 is 0.944 bits per heavy atom. The molecule has 0 aromatic rings. The largest absolute Gasteiger partial charge is 0.466 e. The molecular formula is C12H25NO5. The maximum absolute atomic E-state index is 10.9. The van der Waals surface area contributed by atoms with Gasteiger partial charge in [-0.25, -0.2) is 0 Å². The van der Waals surface area contributed by atoms with Crippen LogP contribution in [-0.4, -0.2) is 44.4 Å². The molecule has 6 heteroatoms. The average Bonchev–Trinajstić information content (AvgIpc) is 2.31. The van der Waals surface area contributed by atoms with E-state index in [1.807, 2.05) is 13.8 Å². The summed E-state index contributed by atoms with van der Waals surface area (Å²) in [4.78, 5) is 21.8. The Labute approximate surface area is 109 Å². The summed E-state index contributed by atoms with van der Waals surface area (Å²) >= 11 is 0. The second-order valence-corrected chi connectivity index (χ2v) is 3.15. The molecule has 0 bridgehead atoms. The first-order valence-electron chi connectivity index (χ1n) is 6.18. The van der Waals surface area contributed by atoms with Gasteiger partial charge in [-0.1, -0.05) is 0 Å². The molecule has 0 heterocycles. The van der Waals surface area contributed by atoms with E-state index in [1.165, 1.54) is 0 Å². The van der Waals surface area contributed by atoms with Crippen molar-refractivity contribution in [1.82, 2.24) is 0 Å². The van der Waals surface area contributed by atoms with Crippen LogP contribution in [0.15, 0.2) is 0 Å². The molecular weight excluding hydrogens is 238 g/mol. The summed E-state index contributed by atoms with van der Waals surface area (Å²) in [6.07, 6.45) is -0.132. The van der Waals surface area contributed by atoms with Gasteiger partial charge in [0.1, 0.15) is 6.04 Å². The van der Waals surface area contributed by atoms with E-state index in [9.17, 15) is 9.59 Å². The lowest BCUT2D eigenvalue weighted by atomic mass is 10.2. The van der Waals surface area contributed by atoms with Gasteiger partial charge in [0, 0.05) is 13.2 Å². The maximum Gasteiger partial charge on any atom is 0.323 e. The van der Waals surface area contributed by atoms with Crippen LogP contribution in [0.5, 0.6) is 0 Å². The minimum atomic E-state index is -0.918. The Hall–Kier alpha value is -1.14. The summed E-state index contributed by atoms with van der Waals surface area (Å²) < 4.78 is 14.1. The van der Waals surface area contributed by atoms with Crippen LogP contribution in [0.2, 0.25) is 0 Å². The van der Waals surface area contributed by atoms with E-state index in [2.05, 4.69) is 9.47 Å². The van der Waals surface area contributed by atoms with Gasteiger partial charge in [0.15, 0.2) is 0 Å². The molecule has 18 heavy (non-hydrogen) atoms. The summed E-state index contributed by atoms with van der Waals surface area (Å²) in [6, 6.07) is -0.918. The SMILES string of the molecule is CCOC(=O)CC(N)C(=O)OCC.CCOCC. The number of nitrogens with two attached hydrogens (primary N) is 1. The molecule has 1 unspecified atom stereocenters. The van der Waals surface area contributed by atoms with Gasteiger partial charge in [0.05, 0.1) is 19.6 Å². The predicted molar refractivity (Wildman–Crippen MR) is 68.0 cm³/mol. The quantitative estimate of drug-likeness (QED) is 0.686. The molecule has 0 aliphatic carbocycles. The van der Waals surface area contributed by atoms with Crippen LogP contribution in [-0.2, 0) is 23.8 Å². The maximum atomic E-state index is 10.9. The highest BCUT2D eigenvalue weighted by Crippen LogP contribution is 1.95. The molecule has 0 saturated carbocycles. The molecule has 6 nitrogen and oxygen atoms in total. The fraction of sp³-hybridized carbons (Fsp3) is 0.833. The van der Waals surface area contributed by atoms with Crippen LogP contribution in [0.1, 0.15) is 34.1 Å². The standard InChI is InChI=1S/C8H15NO4.C4H10O/c1-3-12-7(10)5-6(9)8(11)13-4-2;1-3-5-4-2/h6H,3-5,9H2,1-2H3;3-4H2,1-2H3. The van der Waals surface area contributed by atoms with Gasteiger partial charge in [-0.2, -0.15) is 0 Å². The Balaban J connectivity index is 0. The fourth-order valence-electron chi connectivity index (χ4n) is 0.936. The Kier molecular flexibility index (Phi) is 14.9. The summed E-state index contributed by atoms with van der Waals surface area (Å²) in [5.41, 5.74) is 5.36. The number of ether oxygens (including phenoxy) is 3. The van der Waals surface area contributed by atoms with E-state index in [-0.39, 0.29) is 19.6 Å². The Bertz CT molecular complexity index is 219. The van der Waals surface area contributed by atoms with Crippen LogP contribution < -0.4 is 5.73 Å². The van der Waals surface area contributed by atoms with Gasteiger partial charge in [-0.3, -0.25) is 9.59 Å². The van der Waals surface area contributed by atoms with E-state index >= 15 is 0 Å². The van der Waals surface area contributed by atoms with E-state index in [0.717, 1.165) is 13.2 Å². The topological polar surface area (TPSA) is 87.9 Å². The summed E-state index contributed by atoms with van der Waals surface area (Å²) in [5.74, 6) is -1.06. The molecule has 0 amide bonds. The van der Waals surface area contributed by atoms with Crippen LogP contribution in [0.4, 0.5) is 0 Å². The predicted octanol–water partition coefficient (Wildman–Crippen LogP) is 0.873. The monoisotopic (exact) mass is 263 g/mol. The van der Waals surface area contributed by atoms with E-state index in [4.69, 9.17) is 10.5 Å². The van der Waals surface area contributed by atoms with Gasteiger partial charge in [-0.15, -0.1) is 0 Å². The van der Waals surface area contributed by atoms with Crippen molar-refractivity contribution in [3.05, 3.63) is 0 Å². The minimum absolute atomic E-state index is 0.132. The van der Waals surface area contributed by atoms with Crippen LogP contribution in [0.3, 0.4) is 0 Å². The number of carbonyl (C=O) groups excluding carboxylic acids is 2. The number of rotatable bonds is 7. The third-order valence-corrected chi connectivity index (χ3v) is 1.69. The van der Waals surface area contributed by atoms with Crippen molar-refractivity contribution in [3.8, 4) is 0 Å². The van der Waals surface area contributed by atoms with Crippen molar-refractivity contribution in [1.29, 1.82) is 0 Å². The van der Waals surface area contributed by atoms with E-state index in [0.29, 0.717) is 0 Å². The van der Waals surface area contributed by atoms with Crippen molar-refractivity contribution in [2.24, 2.45) is 5.73 Å². The summed E-state index contributed by atoms with van der Waals surface area (Å²) in [6.45, 7) is 9.58. The van der Waals surface area contributed by atoms with Crippen molar-refractivity contribution in [2.75, 3.05) is 26.4 Å². The molecule has 0 fully saturated rings. The molecule has 2 N–H and O–H groups in total. The molecule has 0 saturated heterocycles. The highest BCUT2D eigenvalue weighted by molar-refractivity contribution is 5.82. The minimum Gasteiger partial charge on any atom is -0.466 e. The molecule has 0 aromatic carbocycles. The zero-order chi connectivity index (χ0) is 14.4. The number of hydrogen-bond acceptors (Lipinski definition) is 6. The fourth-order valence-corrected chi connectivity index (χ4v) is 0.936. The Morgan fingerprint density at radius 3 is 1.78 bits per heavy atom. The normalized spacial score (nSPS) is 10.9. The van der Waals surface area contributed by atoms with E-state index < -0.39 is 18.0 Å². The second-order valence-electron chi connectivity index (χ2n) is 3.15. The molecule has 0 aromatic heterocycles. The number of hydrogen-bond donors (Lipinski definition) is 1. The molecule has 0 aliphatic rings. The van der Waals surface area contributed by atoms with Crippen molar-refractivity contribution in [2.45, 2.75) is 40.2 Å². The first-order chi connectivity index (χ1) is 8.53.